The van der Waals surface area contributed by atoms with E-state index in [1.165, 1.54) is 0 Å². The number of pyridine rings is 2. The molecule has 0 atom stereocenters. The quantitative estimate of drug-likeness (QED) is 0.185. The van der Waals surface area contributed by atoms with Gasteiger partial charge in [-0.25, -0.2) is 19.3 Å². The van der Waals surface area contributed by atoms with Crippen molar-refractivity contribution in [3.63, 3.8) is 0 Å². The Kier molecular flexibility index (Phi) is 6.92. The van der Waals surface area contributed by atoms with E-state index >= 15 is 0 Å². The number of fused-ring (bicyclic) bond motifs is 8. The van der Waals surface area contributed by atoms with Crippen LogP contribution in [-0.2, 0) is 0 Å². The fourth-order valence-corrected chi connectivity index (χ4v) is 9.59. The summed E-state index contributed by atoms with van der Waals surface area (Å²) in [5, 5.41) is 9.48. The number of furan rings is 1. The lowest BCUT2D eigenvalue weighted by atomic mass is 9.35. The summed E-state index contributed by atoms with van der Waals surface area (Å²) in [7, 11) is 0. The van der Waals surface area contributed by atoms with Crippen molar-refractivity contribution < 1.29 is 23.4 Å². The lowest BCUT2D eigenvalue weighted by Gasteiger charge is -2.32. The molecule has 0 fully saturated rings. The van der Waals surface area contributed by atoms with E-state index in [4.69, 9.17) is 43.5 Å². The molecule has 13 heteroatoms. The van der Waals surface area contributed by atoms with Gasteiger partial charge in [0.15, 0.2) is 0 Å². The molecule has 4 aromatic carbocycles. The van der Waals surface area contributed by atoms with Gasteiger partial charge in [-0.1, -0.05) is 30.3 Å². The van der Waals surface area contributed by atoms with Crippen LogP contribution < -0.4 is 51.7 Å². The maximum Gasteiger partial charge on any atom is 0.262 e. The molecule has 61 heavy (non-hydrogen) atoms. The molecule has 0 N–H and O–H groups in total. The van der Waals surface area contributed by atoms with E-state index in [2.05, 4.69) is 48.5 Å². The van der Waals surface area contributed by atoms with Crippen LogP contribution >= 0.6 is 0 Å². The number of benzene rings is 4. The van der Waals surface area contributed by atoms with Gasteiger partial charge in [0.25, 0.3) is 13.4 Å². The third kappa shape index (κ3) is 5.06. The van der Waals surface area contributed by atoms with E-state index in [1.807, 2.05) is 110 Å². The Hall–Kier alpha value is -7.79. The van der Waals surface area contributed by atoms with Crippen molar-refractivity contribution in [2.45, 2.75) is 27.7 Å². The summed E-state index contributed by atoms with van der Waals surface area (Å²) in [4.78, 5) is 9.64. The highest BCUT2D eigenvalue weighted by Crippen LogP contribution is 2.38. The highest BCUT2D eigenvalue weighted by molar-refractivity contribution is 6.99. The van der Waals surface area contributed by atoms with E-state index < -0.39 is 0 Å². The van der Waals surface area contributed by atoms with Gasteiger partial charge in [-0.2, -0.15) is 10.2 Å². The molecule has 0 radical (unpaired) electrons. The Balaban J connectivity index is 0.893. The Labute approximate surface area is 350 Å². The van der Waals surface area contributed by atoms with Gasteiger partial charge in [0.1, 0.15) is 40.3 Å². The number of hydrogen-bond acceptors (Lipinski definition) is 9. The van der Waals surface area contributed by atoms with Crippen LogP contribution in [0, 0.1) is 27.7 Å². The van der Waals surface area contributed by atoms with Crippen molar-refractivity contribution in [1.82, 2.24) is 29.5 Å². The fourth-order valence-electron chi connectivity index (χ4n) is 9.59. The van der Waals surface area contributed by atoms with Crippen LogP contribution in [-0.4, -0.2) is 43.0 Å². The van der Waals surface area contributed by atoms with Crippen LogP contribution in [0.1, 0.15) is 22.8 Å². The maximum absolute atomic E-state index is 6.55. The van der Waals surface area contributed by atoms with Gasteiger partial charge < -0.3 is 23.4 Å². The van der Waals surface area contributed by atoms with Crippen LogP contribution in [0.25, 0.3) is 33.8 Å². The van der Waals surface area contributed by atoms with Crippen molar-refractivity contribution >= 4 is 46.2 Å². The van der Waals surface area contributed by atoms with Crippen LogP contribution in [0.4, 0.5) is 0 Å². The Bertz CT molecular complexity index is 3120. The van der Waals surface area contributed by atoms with E-state index in [1.54, 1.807) is 0 Å². The van der Waals surface area contributed by atoms with E-state index in [-0.39, 0.29) is 13.4 Å². The molecule has 290 valence electrons. The first-order valence-electron chi connectivity index (χ1n) is 20.2. The number of ether oxygens (including phenoxy) is 4. The van der Waals surface area contributed by atoms with Crippen molar-refractivity contribution in [1.29, 1.82) is 0 Å². The van der Waals surface area contributed by atoms with Crippen LogP contribution in [0.3, 0.4) is 0 Å². The summed E-state index contributed by atoms with van der Waals surface area (Å²) in [5.74, 6) is 6.43. The van der Waals surface area contributed by atoms with Gasteiger partial charge in [0.05, 0.1) is 41.4 Å². The summed E-state index contributed by atoms with van der Waals surface area (Å²) in [5.41, 5.74) is 14.4. The molecule has 0 spiro atoms. The Morgan fingerprint density at radius 1 is 0.459 bits per heavy atom. The maximum atomic E-state index is 6.55. The van der Waals surface area contributed by atoms with Crippen molar-refractivity contribution in [2.24, 2.45) is 0 Å². The molecule has 0 unspecified atom stereocenters. The molecule has 4 aliphatic heterocycles. The summed E-state index contributed by atoms with van der Waals surface area (Å²) < 4.78 is 36.1. The molecule has 0 aliphatic carbocycles. The lowest BCUT2D eigenvalue weighted by Crippen LogP contribution is -2.57. The smallest absolute Gasteiger partial charge is 0.262 e. The zero-order chi connectivity index (χ0) is 40.7. The van der Waals surface area contributed by atoms with Crippen LogP contribution in [0.2, 0.25) is 0 Å². The van der Waals surface area contributed by atoms with E-state index in [0.717, 1.165) is 124 Å². The zero-order valence-corrected chi connectivity index (χ0v) is 33.4. The minimum Gasteiger partial charge on any atom is -0.464 e. The molecular formula is C48H32B2N6O5. The van der Waals surface area contributed by atoms with Crippen LogP contribution in [0.15, 0.2) is 126 Å². The summed E-state index contributed by atoms with van der Waals surface area (Å²) in [6, 6.07) is 34.9. The average molecular weight is 794 g/mol. The van der Waals surface area contributed by atoms with E-state index in [9.17, 15) is 0 Å². The summed E-state index contributed by atoms with van der Waals surface area (Å²) >= 11 is 0. The highest BCUT2D eigenvalue weighted by Gasteiger charge is 2.43. The van der Waals surface area contributed by atoms with E-state index in [0.29, 0.717) is 11.8 Å². The predicted octanol–water partition coefficient (Wildman–Crippen LogP) is 6.46. The van der Waals surface area contributed by atoms with Gasteiger partial charge in [-0.15, -0.1) is 0 Å². The topological polar surface area (TPSA) is 111 Å². The van der Waals surface area contributed by atoms with Gasteiger partial charge in [-0.3, -0.25) is 0 Å². The summed E-state index contributed by atoms with van der Waals surface area (Å²) in [6.45, 7) is 7.71. The molecular weight excluding hydrogens is 762 g/mol. The third-order valence-electron chi connectivity index (χ3n) is 12.2. The Morgan fingerprint density at radius 3 is 1.46 bits per heavy atom. The lowest BCUT2D eigenvalue weighted by molar-refractivity contribution is 0.452. The van der Waals surface area contributed by atoms with Crippen LogP contribution in [0.5, 0.6) is 46.3 Å². The number of rotatable bonds is 4. The second kappa shape index (κ2) is 12.4. The molecule has 11 nitrogen and oxygen atoms in total. The van der Waals surface area contributed by atoms with Crippen molar-refractivity contribution in [3.8, 4) is 80.1 Å². The first kappa shape index (κ1) is 34.1. The van der Waals surface area contributed by atoms with Crippen molar-refractivity contribution in [2.75, 3.05) is 0 Å². The van der Waals surface area contributed by atoms with Gasteiger partial charge >= 0.3 is 0 Å². The molecule has 5 aromatic heterocycles. The Morgan fingerprint density at radius 2 is 0.951 bits per heavy atom. The molecule has 9 aromatic rings. The SMILES string of the molecule is Cc1cc(C)n(-c2cnc3c(c2)B2c4cc(-c5coc(-c6ccc7c(c6)B6c8cc(-n9nc(C)cc9C)cnc8Oc8cccc(c86)O7)c5)ccc4Oc4cccc(c42)O3)n1. The fraction of sp³-hybridized carbons (Fsp3) is 0.0833. The minimum atomic E-state index is -0.190. The number of aryl methyl sites for hydroxylation is 4. The molecule has 0 bridgehead atoms. The normalized spacial score (nSPS) is 13.4. The first-order valence-corrected chi connectivity index (χ1v) is 20.2. The molecule has 0 saturated heterocycles. The average Bonchev–Trinajstić information content (AvgIpc) is 4.00. The minimum absolute atomic E-state index is 0.179. The van der Waals surface area contributed by atoms with Gasteiger partial charge in [0, 0.05) is 33.4 Å². The second-order valence-corrected chi connectivity index (χ2v) is 16.2. The predicted molar refractivity (Wildman–Crippen MR) is 234 cm³/mol. The number of aromatic nitrogens is 6. The number of hydrogen-bond donors (Lipinski definition) is 0. The van der Waals surface area contributed by atoms with Crippen molar-refractivity contribution in [3.05, 3.63) is 145 Å². The molecule has 0 amide bonds. The molecule has 13 rings (SSSR count). The summed E-state index contributed by atoms with van der Waals surface area (Å²) in [6.07, 6.45) is 5.45. The highest BCUT2D eigenvalue weighted by atomic mass is 16.5. The first-order chi connectivity index (χ1) is 29.8. The monoisotopic (exact) mass is 794 g/mol. The largest absolute Gasteiger partial charge is 0.464 e. The zero-order valence-electron chi connectivity index (χ0n) is 33.4. The third-order valence-corrected chi connectivity index (χ3v) is 12.2. The van der Waals surface area contributed by atoms with Gasteiger partial charge in [-0.05, 0) is 128 Å². The standard InChI is InChI=1S/C48H32B2N6O5/c1-25-15-27(3)55(53-25)32-20-36-47(51-22-32)60-42-9-5-7-40-45(42)49(36)34-17-29(11-13-38(34)58-40)31-19-44(57-24-31)30-12-14-39-35(18-30)50-37-21-33(56-28(4)16-26(2)54-56)23-52-48(37)61-43-10-6-8-41(59-39)46(43)50/h5-24H,1-4H3. The molecule has 9 heterocycles. The molecule has 4 aliphatic rings. The molecule has 0 saturated carbocycles. The van der Waals surface area contributed by atoms with Gasteiger partial charge in [0.2, 0.25) is 11.8 Å². The number of nitrogens with zero attached hydrogens (tertiary/aromatic N) is 6. The second-order valence-electron chi connectivity index (χ2n) is 16.2.